The number of methoxy groups -OCH3 is 1. The highest BCUT2D eigenvalue weighted by Crippen LogP contribution is 2.22. The summed E-state index contributed by atoms with van der Waals surface area (Å²) in [6.45, 7) is 10.4. The zero-order valence-corrected chi connectivity index (χ0v) is 13.3. The average Bonchev–Trinajstić information content (AvgIpc) is 2.37. The molecule has 112 valence electrons. The largest absolute Gasteiger partial charge is 0.496 e. The van der Waals surface area contributed by atoms with Crippen molar-refractivity contribution in [3.63, 3.8) is 0 Å². The van der Waals surface area contributed by atoms with Gasteiger partial charge in [0.15, 0.2) is 0 Å². The van der Waals surface area contributed by atoms with E-state index in [0.717, 1.165) is 17.7 Å². The minimum atomic E-state index is -0.135. The normalized spacial score (nSPS) is 12.9. The molecule has 4 nitrogen and oxygen atoms in total. The van der Waals surface area contributed by atoms with Crippen molar-refractivity contribution in [2.45, 2.75) is 47.1 Å². The maximum Gasteiger partial charge on any atom is 0.265 e. The van der Waals surface area contributed by atoms with Crippen LogP contribution in [-0.2, 0) is 0 Å². The Labute approximate surface area is 121 Å². The molecule has 0 aliphatic rings. The summed E-state index contributed by atoms with van der Waals surface area (Å²) in [6.07, 6.45) is 0.945. The lowest BCUT2D eigenvalue weighted by molar-refractivity contribution is 0.0905. The van der Waals surface area contributed by atoms with Gasteiger partial charge in [-0.25, -0.2) is 5.43 Å². The molecule has 0 radical (unpaired) electrons. The summed E-state index contributed by atoms with van der Waals surface area (Å²) in [4.78, 5) is 12.3. The first-order chi connectivity index (χ1) is 9.31. The van der Waals surface area contributed by atoms with E-state index in [9.17, 15) is 4.79 Å². The number of carbonyl (C=O) groups is 1. The minimum Gasteiger partial charge on any atom is -0.496 e. The molecule has 1 amide bonds. The van der Waals surface area contributed by atoms with Crippen molar-refractivity contribution in [3.05, 3.63) is 29.3 Å². The predicted octanol–water partition coefficient (Wildman–Crippen LogP) is 3.06. The van der Waals surface area contributed by atoms with Crippen molar-refractivity contribution in [2.24, 2.45) is 5.41 Å². The Kier molecular flexibility index (Phi) is 5.57. The zero-order valence-electron chi connectivity index (χ0n) is 13.3. The standard InChI is InChI=1S/C16H26N2O2/c1-7-14(16(3,4)5)17-18-15(19)12-9-8-10-13(20-6)11(12)2/h8-10,14,17H,7H2,1-6H3,(H,18,19)/t14-/m1/s1. The van der Waals surface area contributed by atoms with E-state index in [1.54, 1.807) is 13.2 Å². The van der Waals surface area contributed by atoms with Gasteiger partial charge < -0.3 is 4.74 Å². The fourth-order valence-corrected chi connectivity index (χ4v) is 2.23. The van der Waals surface area contributed by atoms with E-state index in [0.29, 0.717) is 5.56 Å². The van der Waals surface area contributed by atoms with Crippen molar-refractivity contribution >= 4 is 5.91 Å². The van der Waals surface area contributed by atoms with Crippen LogP contribution in [0.3, 0.4) is 0 Å². The van der Waals surface area contributed by atoms with Gasteiger partial charge in [0.05, 0.1) is 7.11 Å². The zero-order chi connectivity index (χ0) is 15.3. The van der Waals surface area contributed by atoms with Crippen molar-refractivity contribution in [3.8, 4) is 5.75 Å². The molecule has 0 spiro atoms. The molecule has 2 N–H and O–H groups in total. The molecule has 1 aromatic rings. The van der Waals surface area contributed by atoms with E-state index < -0.39 is 0 Å². The molecule has 0 unspecified atom stereocenters. The molecular weight excluding hydrogens is 252 g/mol. The van der Waals surface area contributed by atoms with Crippen LogP contribution >= 0.6 is 0 Å². The van der Waals surface area contributed by atoms with Gasteiger partial charge in [-0.15, -0.1) is 0 Å². The Morgan fingerprint density at radius 3 is 2.50 bits per heavy atom. The van der Waals surface area contributed by atoms with Crippen LogP contribution in [0.15, 0.2) is 18.2 Å². The summed E-state index contributed by atoms with van der Waals surface area (Å²) < 4.78 is 5.24. The Morgan fingerprint density at radius 2 is 2.00 bits per heavy atom. The van der Waals surface area contributed by atoms with Gasteiger partial charge in [-0.1, -0.05) is 33.8 Å². The summed E-state index contributed by atoms with van der Waals surface area (Å²) in [5.74, 6) is 0.588. The molecule has 1 aromatic carbocycles. The van der Waals surface area contributed by atoms with E-state index in [4.69, 9.17) is 4.74 Å². The highest BCUT2D eigenvalue weighted by atomic mass is 16.5. The van der Waals surface area contributed by atoms with Gasteiger partial charge in [0.1, 0.15) is 5.75 Å². The van der Waals surface area contributed by atoms with Crippen LogP contribution in [-0.4, -0.2) is 19.1 Å². The topological polar surface area (TPSA) is 50.4 Å². The summed E-state index contributed by atoms with van der Waals surface area (Å²) >= 11 is 0. The van der Waals surface area contributed by atoms with Crippen molar-refractivity contribution < 1.29 is 9.53 Å². The smallest absolute Gasteiger partial charge is 0.265 e. The molecule has 0 fully saturated rings. The Bertz CT molecular complexity index is 464. The van der Waals surface area contributed by atoms with E-state index >= 15 is 0 Å². The van der Waals surface area contributed by atoms with Crippen molar-refractivity contribution in [2.75, 3.05) is 7.11 Å². The molecule has 0 heterocycles. The van der Waals surface area contributed by atoms with Crippen LogP contribution in [0.5, 0.6) is 5.75 Å². The van der Waals surface area contributed by atoms with Crippen LogP contribution in [0.2, 0.25) is 0 Å². The quantitative estimate of drug-likeness (QED) is 0.814. The number of ether oxygens (including phenoxy) is 1. The Morgan fingerprint density at radius 1 is 1.35 bits per heavy atom. The second-order valence-corrected chi connectivity index (χ2v) is 6.06. The fourth-order valence-electron chi connectivity index (χ4n) is 2.23. The molecule has 0 aliphatic heterocycles. The van der Waals surface area contributed by atoms with Crippen LogP contribution < -0.4 is 15.6 Å². The maximum atomic E-state index is 12.3. The molecule has 1 rings (SSSR count). The van der Waals surface area contributed by atoms with Gasteiger partial charge in [-0.2, -0.15) is 0 Å². The van der Waals surface area contributed by atoms with Crippen LogP contribution in [0.25, 0.3) is 0 Å². The maximum absolute atomic E-state index is 12.3. The van der Waals surface area contributed by atoms with E-state index in [1.165, 1.54) is 0 Å². The fraction of sp³-hybridized carbons (Fsp3) is 0.562. The lowest BCUT2D eigenvalue weighted by Gasteiger charge is -2.30. The molecular formula is C16H26N2O2. The van der Waals surface area contributed by atoms with E-state index in [1.807, 2.05) is 19.1 Å². The Balaban J connectivity index is 2.77. The summed E-state index contributed by atoms with van der Waals surface area (Å²) in [5, 5.41) is 0. The molecule has 0 aromatic heterocycles. The monoisotopic (exact) mass is 278 g/mol. The predicted molar refractivity (Wildman–Crippen MR) is 81.9 cm³/mol. The number of nitrogens with one attached hydrogen (secondary N) is 2. The van der Waals surface area contributed by atoms with Gasteiger partial charge in [0.25, 0.3) is 5.91 Å². The van der Waals surface area contributed by atoms with Crippen LogP contribution in [0.4, 0.5) is 0 Å². The van der Waals surface area contributed by atoms with Gasteiger partial charge in [0.2, 0.25) is 0 Å². The third kappa shape index (κ3) is 3.97. The van der Waals surface area contributed by atoms with Gasteiger partial charge in [-0.3, -0.25) is 10.2 Å². The van der Waals surface area contributed by atoms with Crippen LogP contribution in [0, 0.1) is 12.3 Å². The van der Waals surface area contributed by atoms with Gasteiger partial charge in [-0.05, 0) is 30.9 Å². The average molecular weight is 278 g/mol. The molecule has 0 aliphatic carbocycles. The van der Waals surface area contributed by atoms with Gasteiger partial charge >= 0.3 is 0 Å². The summed E-state index contributed by atoms with van der Waals surface area (Å²) in [6, 6.07) is 5.69. The second kappa shape index (κ2) is 6.75. The first kappa shape index (κ1) is 16.5. The molecule has 0 bridgehead atoms. The number of benzene rings is 1. The molecule has 1 atom stereocenters. The minimum absolute atomic E-state index is 0.0887. The highest BCUT2D eigenvalue weighted by Gasteiger charge is 2.23. The highest BCUT2D eigenvalue weighted by molar-refractivity contribution is 5.95. The SMILES string of the molecule is CC[C@@H](NNC(=O)c1cccc(OC)c1C)C(C)(C)C. The number of hydrazine groups is 1. The van der Waals surface area contributed by atoms with E-state index in [2.05, 4.69) is 38.5 Å². The van der Waals surface area contributed by atoms with Crippen LogP contribution in [0.1, 0.15) is 50.0 Å². The third-order valence-electron chi connectivity index (χ3n) is 3.56. The molecule has 20 heavy (non-hydrogen) atoms. The number of hydrogen-bond acceptors (Lipinski definition) is 3. The van der Waals surface area contributed by atoms with Gasteiger partial charge in [0, 0.05) is 17.2 Å². The Hall–Kier alpha value is -1.55. The first-order valence-corrected chi connectivity index (χ1v) is 7.00. The van der Waals surface area contributed by atoms with Crippen molar-refractivity contribution in [1.29, 1.82) is 0 Å². The molecule has 0 saturated carbocycles. The third-order valence-corrected chi connectivity index (χ3v) is 3.56. The van der Waals surface area contributed by atoms with Crippen molar-refractivity contribution in [1.82, 2.24) is 10.9 Å². The number of carbonyl (C=O) groups excluding carboxylic acids is 1. The summed E-state index contributed by atoms with van der Waals surface area (Å²) in [7, 11) is 1.61. The lowest BCUT2D eigenvalue weighted by atomic mass is 9.86. The number of rotatable bonds is 5. The van der Waals surface area contributed by atoms with E-state index in [-0.39, 0.29) is 17.4 Å². The lowest BCUT2D eigenvalue weighted by Crippen LogP contribution is -2.49. The number of hydrogen-bond donors (Lipinski definition) is 2. The number of amides is 1. The second-order valence-electron chi connectivity index (χ2n) is 6.06. The molecule has 4 heteroatoms. The first-order valence-electron chi connectivity index (χ1n) is 7.00. The summed E-state index contributed by atoms with van der Waals surface area (Å²) in [5.41, 5.74) is 7.50. The molecule has 0 saturated heterocycles.